The highest BCUT2D eigenvalue weighted by molar-refractivity contribution is 8.22. The lowest BCUT2D eigenvalue weighted by atomic mass is 9.94. The molecule has 2 aliphatic rings. The minimum absolute atomic E-state index is 0. The maximum absolute atomic E-state index is 13.6. The van der Waals surface area contributed by atoms with Crippen molar-refractivity contribution in [3.05, 3.63) is 117 Å². The molecule has 0 spiro atoms. The molecule has 0 fully saturated rings. The molecule has 3 aromatic rings. The Labute approximate surface area is 273 Å². The minimum atomic E-state index is -0.530. The Hall–Kier alpha value is -2.65. The molecule has 0 aliphatic carbocycles. The van der Waals surface area contributed by atoms with Gasteiger partial charge in [-0.05, 0) is 56.5 Å². The quantitative estimate of drug-likeness (QED) is 0.214. The minimum Gasteiger partial charge on any atom is -0.489 e. The van der Waals surface area contributed by atoms with Crippen LogP contribution in [0.25, 0.3) is 4.91 Å². The molecule has 2 aliphatic heterocycles. The Morgan fingerprint density at radius 1 is 0.976 bits per heavy atom. The Morgan fingerprint density at radius 3 is 2.33 bits per heavy atom. The zero-order valence-electron chi connectivity index (χ0n) is 23.3. The normalized spacial score (nSPS) is 15.8. The molecule has 2 heterocycles. The Bertz CT molecular complexity index is 1490. The molecule has 0 bridgehead atoms. The lowest BCUT2D eigenvalue weighted by Crippen LogP contribution is -2.35. The van der Waals surface area contributed by atoms with Crippen LogP contribution in [0.5, 0.6) is 5.75 Å². The molecular formula is C31H31Cl4N3O3S. The van der Waals surface area contributed by atoms with Crippen LogP contribution in [0, 0.1) is 0 Å². The lowest BCUT2D eigenvalue weighted by Gasteiger charge is -2.34. The summed E-state index contributed by atoms with van der Waals surface area (Å²) in [5.74, 6) is 0.263. The van der Waals surface area contributed by atoms with Crippen LogP contribution in [0.2, 0.25) is 10.0 Å². The number of nitrogens with zero attached hydrogens (tertiary/aromatic N) is 3. The van der Waals surface area contributed by atoms with Crippen LogP contribution in [0.3, 0.4) is 0 Å². The number of ether oxygens (including phenoxy) is 2. The summed E-state index contributed by atoms with van der Waals surface area (Å²) in [6.07, 6.45) is 1.95. The first-order valence-electron chi connectivity index (χ1n) is 12.8. The van der Waals surface area contributed by atoms with Crippen molar-refractivity contribution < 1.29 is 14.3 Å². The molecule has 3 aromatic carbocycles. The van der Waals surface area contributed by atoms with E-state index >= 15 is 0 Å². The average Bonchev–Trinajstić information content (AvgIpc) is 3.34. The molecule has 0 amide bonds. The standard InChI is InChI=1S/C31H29Cl2N3O3S.2ClH/c1-20-27(30(37)38-17-16-35(2)3)29(22-12-7-8-15-25(22)39-19-21-10-5-4-6-11-21)36-18-26(40-31(36)34-20)28-23(32)13-9-14-24(28)33;;/h4-15,18,29H,16-17,19H2,1-3H3;2*1H. The van der Waals surface area contributed by atoms with Gasteiger partial charge in [0.15, 0.2) is 5.17 Å². The van der Waals surface area contributed by atoms with Gasteiger partial charge < -0.3 is 19.3 Å². The van der Waals surface area contributed by atoms with Crippen molar-refractivity contribution >= 4 is 75.8 Å². The highest BCUT2D eigenvalue weighted by Gasteiger charge is 2.41. The number of thioether (sulfide) groups is 1. The highest BCUT2D eigenvalue weighted by atomic mass is 35.5. The topological polar surface area (TPSA) is 54.4 Å². The monoisotopic (exact) mass is 665 g/mol. The fraction of sp³-hybridized carbons (Fsp3) is 0.226. The summed E-state index contributed by atoms with van der Waals surface area (Å²) in [7, 11) is 3.87. The number of para-hydroxylation sites is 1. The summed E-state index contributed by atoms with van der Waals surface area (Å²) in [5, 5.41) is 1.81. The number of rotatable bonds is 9. The number of aliphatic imine (C=N–C) groups is 1. The van der Waals surface area contributed by atoms with Gasteiger partial charge in [-0.3, -0.25) is 0 Å². The fourth-order valence-corrected chi connectivity index (χ4v) is 6.39. The number of esters is 1. The highest BCUT2D eigenvalue weighted by Crippen LogP contribution is 2.50. The summed E-state index contributed by atoms with van der Waals surface area (Å²) in [6, 6.07) is 22.7. The van der Waals surface area contributed by atoms with Crippen LogP contribution >= 0.6 is 59.8 Å². The summed E-state index contributed by atoms with van der Waals surface area (Å²) >= 11 is 14.6. The van der Waals surface area contributed by atoms with Crippen molar-refractivity contribution in [3.8, 4) is 5.75 Å². The average molecular weight is 667 g/mol. The number of halogens is 4. The van der Waals surface area contributed by atoms with Gasteiger partial charge in [0.1, 0.15) is 19.0 Å². The van der Waals surface area contributed by atoms with Gasteiger partial charge in [0.25, 0.3) is 0 Å². The smallest absolute Gasteiger partial charge is 0.338 e. The number of benzene rings is 3. The van der Waals surface area contributed by atoms with Crippen molar-refractivity contribution in [3.63, 3.8) is 0 Å². The Kier molecular flexibility index (Phi) is 12.2. The number of carbonyl (C=O) groups excluding carboxylic acids is 1. The van der Waals surface area contributed by atoms with Crippen LogP contribution in [0.1, 0.15) is 29.7 Å². The Balaban J connectivity index is 0.00000242. The molecule has 5 rings (SSSR count). The molecule has 0 saturated heterocycles. The van der Waals surface area contributed by atoms with Gasteiger partial charge in [0.05, 0.1) is 27.4 Å². The van der Waals surface area contributed by atoms with Crippen LogP contribution in [-0.2, 0) is 16.1 Å². The largest absolute Gasteiger partial charge is 0.489 e. The van der Waals surface area contributed by atoms with Gasteiger partial charge in [0.2, 0.25) is 0 Å². The summed E-state index contributed by atoms with van der Waals surface area (Å²) in [4.78, 5) is 23.2. The lowest BCUT2D eigenvalue weighted by molar-refractivity contribution is -0.140. The summed E-state index contributed by atoms with van der Waals surface area (Å²) in [6.45, 7) is 3.11. The van der Waals surface area contributed by atoms with Crippen molar-refractivity contribution in [2.75, 3.05) is 27.2 Å². The van der Waals surface area contributed by atoms with E-state index < -0.39 is 12.0 Å². The van der Waals surface area contributed by atoms with E-state index in [-0.39, 0.29) is 31.4 Å². The molecule has 0 N–H and O–H groups in total. The summed E-state index contributed by atoms with van der Waals surface area (Å²) in [5.41, 5.74) is 3.66. The van der Waals surface area contributed by atoms with E-state index in [1.165, 1.54) is 11.8 Å². The number of likely N-dealkylation sites (N-methyl/N-ethyl adjacent to an activating group) is 1. The zero-order chi connectivity index (χ0) is 28.2. The van der Waals surface area contributed by atoms with Crippen LogP contribution < -0.4 is 4.74 Å². The number of hydrogen-bond acceptors (Lipinski definition) is 7. The number of hydrogen-bond donors (Lipinski definition) is 0. The molecule has 1 atom stereocenters. The van der Waals surface area contributed by atoms with Crippen LogP contribution in [0.15, 0.2) is 95.3 Å². The maximum Gasteiger partial charge on any atom is 0.338 e. The molecule has 42 heavy (non-hydrogen) atoms. The Morgan fingerprint density at radius 2 is 1.64 bits per heavy atom. The fourth-order valence-electron chi connectivity index (χ4n) is 4.55. The molecule has 11 heteroatoms. The molecule has 1 unspecified atom stereocenters. The predicted molar refractivity (Wildman–Crippen MR) is 178 cm³/mol. The van der Waals surface area contributed by atoms with Crippen LogP contribution in [0.4, 0.5) is 0 Å². The second-order valence-corrected chi connectivity index (χ2v) is 11.5. The molecule has 0 radical (unpaired) electrons. The molecule has 222 valence electrons. The number of allylic oxidation sites excluding steroid dienone is 1. The molecule has 6 nitrogen and oxygen atoms in total. The van der Waals surface area contributed by atoms with Gasteiger partial charge in [-0.2, -0.15) is 0 Å². The van der Waals surface area contributed by atoms with E-state index in [0.717, 1.165) is 26.8 Å². The van der Waals surface area contributed by atoms with E-state index in [1.807, 2.05) is 110 Å². The van der Waals surface area contributed by atoms with Gasteiger partial charge in [-0.25, -0.2) is 9.79 Å². The molecular weight excluding hydrogens is 636 g/mol. The van der Waals surface area contributed by atoms with Crippen molar-refractivity contribution in [1.29, 1.82) is 0 Å². The number of amidine groups is 1. The van der Waals surface area contributed by atoms with E-state index in [1.54, 1.807) is 0 Å². The second kappa shape index (κ2) is 15.2. The molecule has 0 aromatic heterocycles. The van der Waals surface area contributed by atoms with E-state index in [0.29, 0.717) is 40.2 Å². The summed E-state index contributed by atoms with van der Waals surface area (Å²) < 4.78 is 12.1. The maximum atomic E-state index is 13.6. The van der Waals surface area contributed by atoms with Crippen molar-refractivity contribution in [1.82, 2.24) is 9.80 Å². The first-order chi connectivity index (χ1) is 19.3. The van der Waals surface area contributed by atoms with E-state index in [9.17, 15) is 4.79 Å². The third kappa shape index (κ3) is 7.46. The van der Waals surface area contributed by atoms with Gasteiger partial charge in [-0.1, -0.05) is 77.8 Å². The second-order valence-electron chi connectivity index (χ2n) is 9.65. The SMILES string of the molecule is CC1=C(C(=O)OCCN(C)C)C(c2ccccc2OCc2ccccc2)N2C=C(c3c(Cl)cccc3Cl)SC2=N1.Cl.Cl. The third-order valence-corrected chi connectivity index (χ3v) is 8.18. The number of carbonyl (C=O) groups is 1. The van der Waals surface area contributed by atoms with Gasteiger partial charge in [-0.15, -0.1) is 24.8 Å². The molecule has 0 saturated carbocycles. The van der Waals surface area contributed by atoms with Crippen molar-refractivity contribution in [2.24, 2.45) is 4.99 Å². The predicted octanol–water partition coefficient (Wildman–Crippen LogP) is 8.25. The van der Waals surface area contributed by atoms with Gasteiger partial charge in [0, 0.05) is 28.8 Å². The number of fused-ring (bicyclic) bond motifs is 1. The zero-order valence-corrected chi connectivity index (χ0v) is 27.2. The first-order valence-corrected chi connectivity index (χ1v) is 14.4. The van der Waals surface area contributed by atoms with Crippen LogP contribution in [-0.4, -0.2) is 48.2 Å². The first kappa shape index (κ1) is 33.8. The van der Waals surface area contributed by atoms with Crippen molar-refractivity contribution in [2.45, 2.75) is 19.6 Å². The van der Waals surface area contributed by atoms with E-state index in [4.69, 9.17) is 37.7 Å². The van der Waals surface area contributed by atoms with E-state index in [2.05, 4.69) is 0 Å². The third-order valence-electron chi connectivity index (χ3n) is 6.53. The van der Waals surface area contributed by atoms with Gasteiger partial charge >= 0.3 is 5.97 Å².